The number of hydrogen-bond acceptors (Lipinski definition) is 3. The molecule has 2 unspecified atom stereocenters. The van der Waals surface area contributed by atoms with E-state index >= 15 is 0 Å². The van der Waals surface area contributed by atoms with Crippen LogP contribution in [-0.4, -0.2) is 29.3 Å². The van der Waals surface area contributed by atoms with Gasteiger partial charge >= 0.3 is 5.97 Å². The topological polar surface area (TPSA) is 91.7 Å². The summed E-state index contributed by atoms with van der Waals surface area (Å²) in [5, 5.41) is 7.77. The van der Waals surface area contributed by atoms with Crippen molar-refractivity contribution >= 4 is 16.1 Å². The lowest BCUT2D eigenvalue weighted by Crippen LogP contribution is -2.33. The number of rotatable bonds is 4. The van der Waals surface area contributed by atoms with Gasteiger partial charge in [-0.15, -0.1) is 0 Å². The molecule has 0 heterocycles. The second-order valence-electron chi connectivity index (χ2n) is 4.71. The zero-order valence-corrected chi connectivity index (χ0v) is 10.8. The minimum Gasteiger partial charge on any atom is -0.481 e. The minimum atomic E-state index is -4.11. The van der Waals surface area contributed by atoms with E-state index < -0.39 is 21.3 Å². The third-order valence-corrected chi connectivity index (χ3v) is 4.76. The molecular formula is C11H18O5S. The Bertz CT molecular complexity index is 435. The normalized spacial score (nSPS) is 26.1. The van der Waals surface area contributed by atoms with Crippen molar-refractivity contribution in [3.05, 3.63) is 11.1 Å². The first-order chi connectivity index (χ1) is 7.71. The second kappa shape index (κ2) is 5.18. The predicted octanol–water partition coefficient (Wildman–Crippen LogP) is 1.85. The molecule has 0 fully saturated rings. The Balaban J connectivity index is 2.88. The van der Waals surface area contributed by atoms with Gasteiger partial charge in [0.05, 0.1) is 5.25 Å². The molecule has 1 aliphatic carbocycles. The zero-order chi connectivity index (χ0) is 13.2. The molecule has 0 amide bonds. The molecule has 0 saturated heterocycles. The van der Waals surface area contributed by atoms with Gasteiger partial charge in [0.15, 0.2) is 0 Å². The first kappa shape index (κ1) is 14.2. The summed E-state index contributed by atoms with van der Waals surface area (Å²) in [6, 6.07) is 0. The SMILES string of the molecule is CC1=C(C)CC(S(=O)(=O)O)C(CCC(=O)O)C1. The van der Waals surface area contributed by atoms with E-state index in [0.29, 0.717) is 12.8 Å². The Labute approximate surface area is 101 Å². The fourth-order valence-corrected chi connectivity index (χ4v) is 3.47. The average Bonchev–Trinajstić information content (AvgIpc) is 2.17. The standard InChI is InChI=1S/C11H18O5S/c1-7-5-9(3-4-11(12)13)10(6-8(7)2)17(14,15)16/h9-10H,3-6H2,1-2H3,(H,12,13)(H,14,15,16). The number of allylic oxidation sites excluding steroid dienone is 2. The van der Waals surface area contributed by atoms with Gasteiger partial charge in [-0.05, 0) is 39.0 Å². The molecule has 0 radical (unpaired) electrons. The van der Waals surface area contributed by atoms with Crippen LogP contribution in [0.15, 0.2) is 11.1 Å². The summed E-state index contributed by atoms with van der Waals surface area (Å²) in [4.78, 5) is 10.5. The van der Waals surface area contributed by atoms with Gasteiger partial charge in [0, 0.05) is 6.42 Å². The molecule has 98 valence electrons. The molecule has 0 aliphatic heterocycles. The highest BCUT2D eigenvalue weighted by Crippen LogP contribution is 2.35. The minimum absolute atomic E-state index is 0.0665. The van der Waals surface area contributed by atoms with Gasteiger partial charge in [-0.1, -0.05) is 11.1 Å². The molecule has 5 nitrogen and oxygen atoms in total. The number of hydrogen-bond donors (Lipinski definition) is 2. The maximum atomic E-state index is 11.3. The van der Waals surface area contributed by atoms with Gasteiger partial charge in [-0.2, -0.15) is 8.42 Å². The summed E-state index contributed by atoms with van der Waals surface area (Å²) < 4.78 is 31.7. The Morgan fingerprint density at radius 2 is 1.82 bits per heavy atom. The maximum absolute atomic E-state index is 11.3. The van der Waals surface area contributed by atoms with Gasteiger partial charge in [0.1, 0.15) is 0 Å². The van der Waals surface area contributed by atoms with Crippen molar-refractivity contribution < 1.29 is 22.9 Å². The van der Waals surface area contributed by atoms with Gasteiger partial charge < -0.3 is 5.11 Å². The molecule has 1 aliphatic rings. The van der Waals surface area contributed by atoms with Crippen molar-refractivity contribution in [2.24, 2.45) is 5.92 Å². The zero-order valence-electron chi connectivity index (χ0n) is 10.0. The fraction of sp³-hybridized carbons (Fsp3) is 0.727. The highest BCUT2D eigenvalue weighted by atomic mass is 32.2. The van der Waals surface area contributed by atoms with Crippen molar-refractivity contribution in [3.63, 3.8) is 0 Å². The molecule has 17 heavy (non-hydrogen) atoms. The van der Waals surface area contributed by atoms with Crippen molar-refractivity contribution in [3.8, 4) is 0 Å². The van der Waals surface area contributed by atoms with E-state index in [-0.39, 0.29) is 18.8 Å². The first-order valence-corrected chi connectivity index (χ1v) is 7.05. The molecule has 6 heteroatoms. The van der Waals surface area contributed by atoms with Crippen LogP contribution in [-0.2, 0) is 14.9 Å². The number of aliphatic carboxylic acids is 1. The van der Waals surface area contributed by atoms with E-state index in [4.69, 9.17) is 5.11 Å². The number of carbonyl (C=O) groups is 1. The molecule has 2 N–H and O–H groups in total. The molecule has 0 bridgehead atoms. The summed E-state index contributed by atoms with van der Waals surface area (Å²) >= 11 is 0. The van der Waals surface area contributed by atoms with Gasteiger partial charge in [-0.3, -0.25) is 9.35 Å². The summed E-state index contributed by atoms with van der Waals surface area (Å²) in [6.45, 7) is 3.77. The van der Waals surface area contributed by atoms with Crippen molar-refractivity contribution in [1.29, 1.82) is 0 Å². The van der Waals surface area contributed by atoms with Crippen molar-refractivity contribution in [2.45, 2.75) is 44.8 Å². The maximum Gasteiger partial charge on any atom is 0.303 e. The molecule has 2 atom stereocenters. The molecule has 0 saturated carbocycles. The van der Waals surface area contributed by atoms with Gasteiger partial charge in [0.2, 0.25) is 0 Å². The van der Waals surface area contributed by atoms with Crippen LogP contribution < -0.4 is 0 Å². The van der Waals surface area contributed by atoms with E-state index in [9.17, 15) is 17.8 Å². The van der Waals surface area contributed by atoms with Crippen LogP contribution in [0.2, 0.25) is 0 Å². The Hall–Kier alpha value is -0.880. The number of carboxylic acid groups (broad SMARTS) is 1. The van der Waals surface area contributed by atoms with E-state index in [1.54, 1.807) is 0 Å². The van der Waals surface area contributed by atoms with Crippen LogP contribution in [0.3, 0.4) is 0 Å². The van der Waals surface area contributed by atoms with E-state index in [1.165, 1.54) is 0 Å². The van der Waals surface area contributed by atoms with Crippen LogP contribution in [0, 0.1) is 5.92 Å². The van der Waals surface area contributed by atoms with E-state index in [2.05, 4.69) is 0 Å². The van der Waals surface area contributed by atoms with Crippen LogP contribution in [0.1, 0.15) is 39.5 Å². The Morgan fingerprint density at radius 1 is 1.29 bits per heavy atom. The molecule has 0 spiro atoms. The molecule has 0 aromatic rings. The number of carboxylic acids is 1. The van der Waals surface area contributed by atoms with E-state index in [0.717, 1.165) is 11.1 Å². The van der Waals surface area contributed by atoms with E-state index in [1.807, 2.05) is 13.8 Å². The summed E-state index contributed by atoms with van der Waals surface area (Å²) in [5.41, 5.74) is 2.07. The third kappa shape index (κ3) is 3.81. The van der Waals surface area contributed by atoms with Crippen LogP contribution in [0.4, 0.5) is 0 Å². The predicted molar refractivity (Wildman–Crippen MR) is 63.3 cm³/mol. The lowest BCUT2D eigenvalue weighted by atomic mass is 9.82. The summed E-state index contributed by atoms with van der Waals surface area (Å²) in [6.07, 6.45) is 1.06. The average molecular weight is 262 g/mol. The Morgan fingerprint density at radius 3 is 2.29 bits per heavy atom. The monoisotopic (exact) mass is 262 g/mol. The molecule has 0 aromatic carbocycles. The van der Waals surface area contributed by atoms with Crippen molar-refractivity contribution in [2.75, 3.05) is 0 Å². The highest BCUT2D eigenvalue weighted by Gasteiger charge is 2.35. The fourth-order valence-electron chi connectivity index (χ4n) is 2.29. The third-order valence-electron chi connectivity index (χ3n) is 3.44. The second-order valence-corrected chi connectivity index (χ2v) is 6.35. The Kier molecular flexibility index (Phi) is 4.32. The quantitative estimate of drug-likeness (QED) is 0.596. The van der Waals surface area contributed by atoms with Crippen molar-refractivity contribution in [1.82, 2.24) is 0 Å². The van der Waals surface area contributed by atoms with Gasteiger partial charge in [-0.25, -0.2) is 0 Å². The van der Waals surface area contributed by atoms with Crippen LogP contribution in [0.5, 0.6) is 0 Å². The molecular weight excluding hydrogens is 244 g/mol. The highest BCUT2D eigenvalue weighted by molar-refractivity contribution is 7.86. The van der Waals surface area contributed by atoms with Gasteiger partial charge in [0.25, 0.3) is 10.1 Å². The van der Waals surface area contributed by atoms with Crippen LogP contribution >= 0.6 is 0 Å². The molecule has 1 rings (SSSR count). The summed E-state index contributed by atoms with van der Waals surface area (Å²) in [5.74, 6) is -1.24. The first-order valence-electron chi connectivity index (χ1n) is 5.55. The summed E-state index contributed by atoms with van der Waals surface area (Å²) in [7, 11) is -4.11. The molecule has 0 aromatic heterocycles. The lowest BCUT2D eigenvalue weighted by molar-refractivity contribution is -0.137. The van der Waals surface area contributed by atoms with Crippen LogP contribution in [0.25, 0.3) is 0 Å². The smallest absolute Gasteiger partial charge is 0.303 e. The lowest BCUT2D eigenvalue weighted by Gasteiger charge is -2.30. The largest absolute Gasteiger partial charge is 0.481 e.